The third kappa shape index (κ3) is 11.1. The zero-order chi connectivity index (χ0) is 59.4. The van der Waals surface area contributed by atoms with Crippen LogP contribution in [0.4, 0.5) is 91.7 Å². The molecule has 0 radical (unpaired) electrons. The van der Waals surface area contributed by atoms with E-state index in [0.29, 0.717) is 72.8 Å². The van der Waals surface area contributed by atoms with E-state index in [0.717, 1.165) is 48.5 Å². The SMILES string of the molecule is O=S(=O)(F)C(F)(F)C(F)(F)OC(F)(F)C(F)(F)C1=Cc2nc1c(-c1ccc(C(F)(F)F)cc1)c1ccc([n-]1)c(-c1ccc(C(F)(F)F)cc1)c1nc(c(-c3ccc(C(F)(F)F)cc3)c3ccc([n-]3)c2-c2ccc(C(F)(F)F)cc2)C=C1.[Zn+2]. The molecule has 0 spiro atoms. The zero-order valence-electron chi connectivity index (χ0n) is 39.8. The Labute approximate surface area is 457 Å². The normalized spacial score (nSPS) is 14.0. The molecule has 3 aromatic heterocycles. The second kappa shape index (κ2) is 20.5. The Morgan fingerprint density at radius 2 is 0.671 bits per heavy atom. The van der Waals surface area contributed by atoms with Crippen molar-refractivity contribution in [1.29, 1.82) is 0 Å². The maximum absolute atomic E-state index is 17.1. The summed E-state index contributed by atoms with van der Waals surface area (Å²) >= 11 is 0. The van der Waals surface area contributed by atoms with E-state index in [4.69, 9.17) is 0 Å². The van der Waals surface area contributed by atoms with Gasteiger partial charge < -0.3 is 9.97 Å². The van der Waals surface area contributed by atoms with Crippen LogP contribution in [0.15, 0.2) is 121 Å². The van der Waals surface area contributed by atoms with Crippen molar-refractivity contribution in [2.45, 2.75) is 48.1 Å². The van der Waals surface area contributed by atoms with E-state index < -0.39 is 136 Å². The monoisotopic (exact) mass is 1250 g/mol. The van der Waals surface area contributed by atoms with Crippen LogP contribution in [0.3, 0.4) is 0 Å². The smallest absolute Gasteiger partial charge is 0.657 e. The minimum Gasteiger partial charge on any atom is -0.657 e. The molecule has 0 unspecified atom stereocenters. The Morgan fingerprint density at radius 1 is 0.378 bits per heavy atom. The minimum atomic E-state index is -7.98. The molecule has 8 bridgehead atoms. The summed E-state index contributed by atoms with van der Waals surface area (Å²) in [5, 5.41) is -7.33. The van der Waals surface area contributed by atoms with E-state index in [9.17, 15) is 82.6 Å². The molecule has 82 heavy (non-hydrogen) atoms. The van der Waals surface area contributed by atoms with Crippen LogP contribution in [0, 0.1) is 0 Å². The fraction of sp³-hybridized carbons (Fsp3) is 0.154. The summed E-state index contributed by atoms with van der Waals surface area (Å²) < 4.78 is 329. The van der Waals surface area contributed by atoms with Crippen molar-refractivity contribution < 1.29 is 124 Å². The van der Waals surface area contributed by atoms with Crippen molar-refractivity contribution in [2.24, 2.45) is 0 Å². The number of fused-ring (bicyclic) bond motifs is 8. The standard InChI is InChI=1S/C52H23F21N4O3S.Zn/c53-45(54,50(67,68)80-51(69,70)52(71,72)81(73,78)79)32-23-39-42(26-5-13-30(14-6-26)48(61,62)63)37-20-19-35(75-37)40(24-1-9-28(10-2-24)46(55,56)57)33-17-18-34(74-33)41(25-3-11-29(12-4-25)47(58,59)60)36-21-22-38(76-36)43(44(32)77-39)27-7-15-31(16-8-27)49(64,65)66;/h1-23H;/q-2;+2. The Bertz CT molecular complexity index is 3980. The van der Waals surface area contributed by atoms with Crippen molar-refractivity contribution in [1.82, 2.24) is 19.9 Å². The topological polar surface area (TPSA) is 97.4 Å². The quantitative estimate of drug-likeness (QED) is 0.0764. The van der Waals surface area contributed by atoms with Crippen molar-refractivity contribution >= 4 is 56.1 Å². The average molecular weight is 1250 g/mol. The Morgan fingerprint density at radius 3 is 0.976 bits per heavy atom. The van der Waals surface area contributed by atoms with E-state index in [1.165, 1.54) is 12.2 Å². The summed E-state index contributed by atoms with van der Waals surface area (Å²) in [6, 6.07) is 13.7. The number of hydrogen-bond acceptors (Lipinski definition) is 5. The van der Waals surface area contributed by atoms with Gasteiger partial charge in [-0.05, 0) is 111 Å². The van der Waals surface area contributed by atoms with Crippen molar-refractivity contribution in [3.05, 3.63) is 166 Å². The molecule has 7 nitrogen and oxygen atoms in total. The second-order valence-electron chi connectivity index (χ2n) is 17.5. The van der Waals surface area contributed by atoms with Gasteiger partial charge in [0, 0.05) is 0 Å². The number of benzene rings is 4. The van der Waals surface area contributed by atoms with Gasteiger partial charge in [-0.1, -0.05) is 76.7 Å². The van der Waals surface area contributed by atoms with Crippen LogP contribution in [0.5, 0.6) is 0 Å². The van der Waals surface area contributed by atoms with Gasteiger partial charge in [-0.15, -0.1) is 22.1 Å². The minimum absolute atomic E-state index is 0. The molecule has 0 atom stereocenters. The van der Waals surface area contributed by atoms with E-state index in [2.05, 4.69) is 24.7 Å². The van der Waals surface area contributed by atoms with Gasteiger partial charge in [0.2, 0.25) is 0 Å². The summed E-state index contributed by atoms with van der Waals surface area (Å²) in [7, 11) is -7.98. The summed E-state index contributed by atoms with van der Waals surface area (Å²) in [5.74, 6) is -6.60. The number of rotatable bonds is 10. The molecule has 0 aliphatic carbocycles. The maximum atomic E-state index is 17.1. The molecule has 424 valence electrons. The van der Waals surface area contributed by atoms with E-state index in [1.54, 1.807) is 0 Å². The van der Waals surface area contributed by atoms with Crippen LogP contribution < -0.4 is 9.97 Å². The molecule has 7 aromatic rings. The number of ether oxygens (including phenoxy) is 1. The molecule has 0 fully saturated rings. The predicted octanol–water partition coefficient (Wildman–Crippen LogP) is 16.8. The Balaban J connectivity index is 0.00000880. The van der Waals surface area contributed by atoms with Gasteiger partial charge in [0.1, 0.15) is 0 Å². The molecular formula is C52H23F21N4O3SZn. The molecule has 0 amide bonds. The fourth-order valence-corrected chi connectivity index (χ4v) is 8.80. The summed E-state index contributed by atoms with van der Waals surface area (Å²) in [5.41, 5.74) is -17.1. The first-order chi connectivity index (χ1) is 37.3. The molecule has 2 aliphatic rings. The van der Waals surface area contributed by atoms with E-state index in [1.807, 2.05) is 0 Å². The van der Waals surface area contributed by atoms with Crippen LogP contribution in [-0.4, -0.2) is 41.8 Å². The molecule has 0 N–H and O–H groups in total. The first kappa shape index (κ1) is 60.6. The number of alkyl halides is 20. The van der Waals surface area contributed by atoms with Gasteiger partial charge in [0.15, 0.2) is 0 Å². The van der Waals surface area contributed by atoms with Crippen molar-refractivity contribution in [3.63, 3.8) is 0 Å². The van der Waals surface area contributed by atoms with Crippen LogP contribution in [0.2, 0.25) is 0 Å². The molecule has 30 heteroatoms. The van der Waals surface area contributed by atoms with Crippen LogP contribution in [-0.2, 0) is 59.1 Å². The summed E-state index contributed by atoms with van der Waals surface area (Å²) in [4.78, 5) is 17.5. The number of halogens is 21. The average Bonchev–Trinajstić information content (AvgIpc) is 3.60. The van der Waals surface area contributed by atoms with Crippen molar-refractivity contribution in [3.8, 4) is 44.5 Å². The number of aromatic nitrogens is 4. The van der Waals surface area contributed by atoms with Crippen LogP contribution in [0.25, 0.3) is 90.4 Å². The first-order valence-corrected chi connectivity index (χ1v) is 23.6. The fourth-order valence-electron chi connectivity index (χ4n) is 8.47. The van der Waals surface area contributed by atoms with Crippen molar-refractivity contribution in [2.75, 3.05) is 0 Å². The molecule has 2 aliphatic heterocycles. The molecule has 0 saturated heterocycles. The van der Waals surface area contributed by atoms with E-state index >= 15 is 17.6 Å². The summed E-state index contributed by atoms with van der Waals surface area (Å²) in [6.45, 7) is 0. The second-order valence-corrected chi connectivity index (χ2v) is 18.9. The molecule has 4 aromatic carbocycles. The predicted molar refractivity (Wildman–Crippen MR) is 248 cm³/mol. The Hall–Kier alpha value is -7.46. The third-order valence-corrected chi connectivity index (χ3v) is 13.2. The van der Waals surface area contributed by atoms with Gasteiger partial charge in [-0.25, -0.2) is 14.7 Å². The molecule has 9 rings (SSSR count). The van der Waals surface area contributed by atoms with Gasteiger partial charge in [-0.3, -0.25) is 0 Å². The van der Waals surface area contributed by atoms with Gasteiger partial charge >= 0.3 is 77.8 Å². The molecule has 5 heterocycles. The first-order valence-electron chi connectivity index (χ1n) is 22.3. The number of hydrogen-bond donors (Lipinski definition) is 0. The molecule has 0 saturated carbocycles. The largest absolute Gasteiger partial charge is 2.00 e. The van der Waals surface area contributed by atoms with Gasteiger partial charge in [-0.2, -0.15) is 96.2 Å². The van der Waals surface area contributed by atoms with E-state index in [-0.39, 0.29) is 64.7 Å². The third-order valence-electron chi connectivity index (χ3n) is 12.3. The Kier molecular flexibility index (Phi) is 15.1. The molecular weight excluding hydrogens is 1230 g/mol. The van der Waals surface area contributed by atoms with Gasteiger partial charge in [0.25, 0.3) is 0 Å². The van der Waals surface area contributed by atoms with Crippen LogP contribution >= 0.6 is 0 Å². The zero-order valence-corrected chi connectivity index (χ0v) is 43.6. The maximum Gasteiger partial charge on any atom is 2.00 e. The number of nitrogens with zero attached hydrogens (tertiary/aromatic N) is 4. The van der Waals surface area contributed by atoms with Crippen LogP contribution in [0.1, 0.15) is 45.0 Å². The summed E-state index contributed by atoms with van der Waals surface area (Å²) in [6.07, 6.45) is -32.2. The van der Waals surface area contributed by atoms with Gasteiger partial charge in [0.05, 0.1) is 50.6 Å².